The van der Waals surface area contributed by atoms with Crippen LogP contribution in [0.1, 0.15) is 45.4 Å². The molecular weight excluding hydrogens is 376 g/mol. The molecule has 2 nitrogen and oxygen atoms in total. The van der Waals surface area contributed by atoms with E-state index in [1.54, 1.807) is 6.07 Å². The second-order valence-corrected chi connectivity index (χ2v) is 9.22. The summed E-state index contributed by atoms with van der Waals surface area (Å²) in [6, 6.07) is 5.53. The first kappa shape index (κ1) is 16.0. The van der Waals surface area contributed by atoms with E-state index in [-0.39, 0.29) is 5.41 Å². The lowest BCUT2D eigenvalue weighted by Crippen LogP contribution is -2.53. The first-order valence-corrected chi connectivity index (χ1v) is 9.78. The second-order valence-electron chi connectivity index (χ2n) is 7.90. The van der Waals surface area contributed by atoms with Crippen molar-refractivity contribution in [2.45, 2.75) is 51.6 Å². The third-order valence-electron chi connectivity index (χ3n) is 6.13. The van der Waals surface area contributed by atoms with Crippen molar-refractivity contribution in [3.8, 4) is 5.75 Å². The van der Waals surface area contributed by atoms with Crippen molar-refractivity contribution < 1.29 is 9.53 Å². The third kappa shape index (κ3) is 2.84. The average Bonchev–Trinajstić information content (AvgIpc) is 2.48. The molecule has 0 aliphatic heterocycles. The fourth-order valence-electron chi connectivity index (χ4n) is 5.66. The van der Waals surface area contributed by atoms with Gasteiger partial charge in [0.15, 0.2) is 11.9 Å². The average molecular weight is 398 g/mol. The van der Waals surface area contributed by atoms with Crippen molar-refractivity contribution in [1.29, 1.82) is 0 Å². The van der Waals surface area contributed by atoms with Gasteiger partial charge in [0.25, 0.3) is 0 Å². The molecule has 0 radical (unpaired) electrons. The van der Waals surface area contributed by atoms with Gasteiger partial charge in [0.05, 0.1) is 5.02 Å². The van der Waals surface area contributed by atoms with Crippen molar-refractivity contribution in [2.24, 2.45) is 23.2 Å². The Morgan fingerprint density at radius 3 is 2.30 bits per heavy atom. The Kier molecular flexibility index (Phi) is 4.00. The molecule has 4 fully saturated rings. The van der Waals surface area contributed by atoms with Crippen LogP contribution in [0, 0.1) is 23.2 Å². The van der Waals surface area contributed by atoms with Crippen LogP contribution < -0.4 is 4.74 Å². The maximum atomic E-state index is 13.2. The van der Waals surface area contributed by atoms with Gasteiger partial charge in [-0.1, -0.05) is 27.5 Å². The maximum Gasteiger partial charge on any atom is 0.179 e. The molecule has 5 rings (SSSR count). The second kappa shape index (κ2) is 5.77. The Morgan fingerprint density at radius 2 is 1.78 bits per heavy atom. The van der Waals surface area contributed by atoms with Crippen molar-refractivity contribution in [2.75, 3.05) is 0 Å². The van der Waals surface area contributed by atoms with E-state index in [0.717, 1.165) is 41.5 Å². The Morgan fingerprint density at radius 1 is 1.22 bits per heavy atom. The van der Waals surface area contributed by atoms with Gasteiger partial charge in [-0.15, -0.1) is 0 Å². The fraction of sp³-hybridized carbons (Fsp3) is 0.632. The molecule has 4 bridgehead atoms. The van der Waals surface area contributed by atoms with Gasteiger partial charge in [0, 0.05) is 9.89 Å². The summed E-state index contributed by atoms with van der Waals surface area (Å²) in [4.78, 5) is 13.2. The smallest absolute Gasteiger partial charge is 0.179 e. The largest absolute Gasteiger partial charge is 0.481 e. The molecular formula is C19H22BrClO2. The first-order valence-electron chi connectivity index (χ1n) is 8.61. The molecule has 0 N–H and O–H groups in total. The van der Waals surface area contributed by atoms with Gasteiger partial charge in [0.1, 0.15) is 5.75 Å². The summed E-state index contributed by atoms with van der Waals surface area (Å²) in [6.45, 7) is 1.89. The molecule has 23 heavy (non-hydrogen) atoms. The number of halogens is 2. The van der Waals surface area contributed by atoms with Gasteiger partial charge in [-0.25, -0.2) is 0 Å². The van der Waals surface area contributed by atoms with E-state index < -0.39 is 6.10 Å². The summed E-state index contributed by atoms with van der Waals surface area (Å²) in [5.41, 5.74) is -0.115. The van der Waals surface area contributed by atoms with E-state index >= 15 is 0 Å². The molecule has 0 heterocycles. The minimum atomic E-state index is -0.426. The van der Waals surface area contributed by atoms with Crippen LogP contribution in [0.15, 0.2) is 22.7 Å². The minimum absolute atomic E-state index is 0.115. The highest BCUT2D eigenvalue weighted by atomic mass is 79.9. The molecule has 0 amide bonds. The van der Waals surface area contributed by atoms with Crippen LogP contribution in [0.4, 0.5) is 0 Å². The SMILES string of the molecule is CC(Oc1ccc(Br)cc1Cl)C(=O)C12CC3CC(CC(C3)C1)C2. The minimum Gasteiger partial charge on any atom is -0.481 e. The summed E-state index contributed by atoms with van der Waals surface area (Å²) in [5, 5.41) is 0.546. The highest BCUT2D eigenvalue weighted by molar-refractivity contribution is 9.10. The first-order chi connectivity index (χ1) is 10.9. The van der Waals surface area contributed by atoms with Crippen LogP contribution in [-0.4, -0.2) is 11.9 Å². The molecule has 1 unspecified atom stereocenters. The topological polar surface area (TPSA) is 26.3 Å². The summed E-state index contributed by atoms with van der Waals surface area (Å²) in [5.74, 6) is 3.21. The molecule has 0 saturated heterocycles. The van der Waals surface area contributed by atoms with E-state index in [9.17, 15) is 4.79 Å². The number of carbonyl (C=O) groups is 1. The van der Waals surface area contributed by atoms with Crippen LogP contribution >= 0.6 is 27.5 Å². The standard InChI is InChI=1S/C19H22BrClO2/c1-11(23-17-3-2-15(20)7-16(17)21)18(22)19-8-12-4-13(9-19)6-14(5-12)10-19/h2-3,7,11-14H,4-6,8-10H2,1H3. The highest BCUT2D eigenvalue weighted by Gasteiger charge is 2.55. The van der Waals surface area contributed by atoms with E-state index in [4.69, 9.17) is 16.3 Å². The predicted octanol–water partition coefficient (Wildman–Crippen LogP) is 5.66. The molecule has 4 aliphatic carbocycles. The van der Waals surface area contributed by atoms with Crippen LogP contribution in [0.2, 0.25) is 5.02 Å². The lowest BCUT2D eigenvalue weighted by molar-refractivity contribution is -0.150. The zero-order valence-electron chi connectivity index (χ0n) is 13.4. The van der Waals surface area contributed by atoms with Crippen LogP contribution in [0.3, 0.4) is 0 Å². The lowest BCUT2D eigenvalue weighted by atomic mass is 9.48. The number of hydrogen-bond acceptors (Lipinski definition) is 2. The van der Waals surface area contributed by atoms with Crippen LogP contribution in [0.5, 0.6) is 5.75 Å². The summed E-state index contributed by atoms with van der Waals surface area (Å²) >= 11 is 9.62. The van der Waals surface area contributed by atoms with Crippen LogP contribution in [-0.2, 0) is 4.79 Å². The van der Waals surface area contributed by atoms with Gasteiger partial charge >= 0.3 is 0 Å². The molecule has 0 spiro atoms. The Hall–Kier alpha value is -0.540. The lowest BCUT2D eigenvalue weighted by Gasteiger charge is -2.56. The Bertz CT molecular complexity index is 607. The number of carbonyl (C=O) groups excluding carboxylic acids is 1. The molecule has 124 valence electrons. The molecule has 0 aromatic heterocycles. The Balaban J connectivity index is 1.52. The highest BCUT2D eigenvalue weighted by Crippen LogP contribution is 2.60. The molecule has 4 aliphatic rings. The monoisotopic (exact) mass is 396 g/mol. The Labute approximate surface area is 151 Å². The van der Waals surface area contributed by atoms with Gasteiger partial charge < -0.3 is 4.74 Å². The maximum absolute atomic E-state index is 13.2. The van der Waals surface area contributed by atoms with Crippen molar-refractivity contribution in [3.05, 3.63) is 27.7 Å². The third-order valence-corrected chi connectivity index (χ3v) is 6.92. The van der Waals surface area contributed by atoms with Gasteiger partial charge in [-0.3, -0.25) is 4.79 Å². The quantitative estimate of drug-likeness (QED) is 0.655. The van der Waals surface area contributed by atoms with Crippen molar-refractivity contribution in [3.63, 3.8) is 0 Å². The normalized spacial score (nSPS) is 36.0. The summed E-state index contributed by atoms with van der Waals surface area (Å²) in [6.07, 6.45) is 6.87. The number of hydrogen-bond donors (Lipinski definition) is 0. The number of ketones is 1. The van der Waals surface area contributed by atoms with E-state index in [2.05, 4.69) is 15.9 Å². The molecule has 1 aromatic carbocycles. The predicted molar refractivity (Wildman–Crippen MR) is 94.9 cm³/mol. The number of rotatable bonds is 4. The van der Waals surface area contributed by atoms with Gasteiger partial charge in [-0.05, 0) is 81.4 Å². The van der Waals surface area contributed by atoms with E-state index in [1.807, 2.05) is 19.1 Å². The van der Waals surface area contributed by atoms with E-state index in [0.29, 0.717) is 16.6 Å². The van der Waals surface area contributed by atoms with Gasteiger partial charge in [-0.2, -0.15) is 0 Å². The van der Waals surface area contributed by atoms with Crippen LogP contribution in [0.25, 0.3) is 0 Å². The molecule has 1 atom stereocenters. The van der Waals surface area contributed by atoms with Crippen molar-refractivity contribution >= 4 is 33.3 Å². The number of Topliss-reactive ketones (excluding diaryl/α,β-unsaturated/α-hetero) is 1. The van der Waals surface area contributed by atoms with Gasteiger partial charge in [0.2, 0.25) is 0 Å². The molecule has 4 heteroatoms. The zero-order chi connectivity index (χ0) is 16.2. The molecule has 4 saturated carbocycles. The number of benzene rings is 1. The van der Waals surface area contributed by atoms with Crippen molar-refractivity contribution in [1.82, 2.24) is 0 Å². The zero-order valence-corrected chi connectivity index (χ0v) is 15.7. The fourth-order valence-corrected chi connectivity index (χ4v) is 6.38. The summed E-state index contributed by atoms with van der Waals surface area (Å²) in [7, 11) is 0. The molecule has 1 aromatic rings. The number of ether oxygens (including phenoxy) is 1. The van der Waals surface area contributed by atoms with E-state index in [1.165, 1.54) is 19.3 Å². The summed E-state index contributed by atoms with van der Waals surface area (Å²) < 4.78 is 6.86.